The summed E-state index contributed by atoms with van der Waals surface area (Å²) >= 11 is 0. The Kier molecular flexibility index (Phi) is 5.08. The van der Waals surface area contributed by atoms with E-state index in [9.17, 15) is 4.79 Å². The second-order valence-corrected chi connectivity index (χ2v) is 7.35. The SMILES string of the molecule is CC1(CNC(=O)C(C)(C)N2CCNCC2)CCCCC1. The smallest absolute Gasteiger partial charge is 0.239 e. The van der Waals surface area contributed by atoms with Gasteiger partial charge in [-0.2, -0.15) is 0 Å². The molecule has 4 heteroatoms. The fourth-order valence-corrected chi connectivity index (χ4v) is 3.46. The van der Waals surface area contributed by atoms with E-state index in [1.165, 1.54) is 32.1 Å². The molecule has 1 amide bonds. The fraction of sp³-hybridized carbons (Fsp3) is 0.938. The van der Waals surface area contributed by atoms with Crippen molar-refractivity contribution in [2.45, 2.75) is 58.4 Å². The zero-order chi connectivity index (χ0) is 14.6. The number of carbonyl (C=O) groups excluding carboxylic acids is 1. The van der Waals surface area contributed by atoms with Gasteiger partial charge < -0.3 is 10.6 Å². The largest absolute Gasteiger partial charge is 0.354 e. The number of amides is 1. The molecule has 0 spiro atoms. The molecule has 0 radical (unpaired) electrons. The second-order valence-electron chi connectivity index (χ2n) is 7.35. The topological polar surface area (TPSA) is 44.4 Å². The third-order valence-electron chi connectivity index (χ3n) is 5.20. The average molecular weight is 281 g/mol. The van der Waals surface area contributed by atoms with Crippen LogP contribution in [-0.4, -0.2) is 49.1 Å². The van der Waals surface area contributed by atoms with E-state index in [0.717, 1.165) is 32.7 Å². The molecule has 0 atom stereocenters. The molecule has 2 fully saturated rings. The van der Waals surface area contributed by atoms with Gasteiger partial charge in [-0.25, -0.2) is 0 Å². The van der Waals surface area contributed by atoms with Gasteiger partial charge in [-0.15, -0.1) is 0 Å². The maximum absolute atomic E-state index is 12.6. The van der Waals surface area contributed by atoms with Crippen LogP contribution in [0.5, 0.6) is 0 Å². The first-order valence-electron chi connectivity index (χ1n) is 8.18. The number of hydrogen-bond donors (Lipinski definition) is 2. The molecule has 0 aromatic carbocycles. The molecule has 2 aliphatic rings. The number of piperazine rings is 1. The van der Waals surface area contributed by atoms with Crippen molar-refractivity contribution in [2.75, 3.05) is 32.7 Å². The van der Waals surface area contributed by atoms with Gasteiger partial charge in [-0.05, 0) is 32.1 Å². The van der Waals surface area contributed by atoms with Crippen LogP contribution >= 0.6 is 0 Å². The predicted octanol–water partition coefficient (Wildman–Crippen LogP) is 1.76. The molecule has 1 aliphatic carbocycles. The van der Waals surface area contributed by atoms with E-state index >= 15 is 0 Å². The molecule has 20 heavy (non-hydrogen) atoms. The third kappa shape index (κ3) is 3.73. The van der Waals surface area contributed by atoms with Gasteiger partial charge in [0.15, 0.2) is 0 Å². The molecule has 2 rings (SSSR count). The summed E-state index contributed by atoms with van der Waals surface area (Å²) in [4.78, 5) is 14.9. The van der Waals surface area contributed by atoms with Crippen molar-refractivity contribution in [3.63, 3.8) is 0 Å². The Bertz CT molecular complexity index is 329. The minimum Gasteiger partial charge on any atom is -0.354 e. The van der Waals surface area contributed by atoms with Crippen molar-refractivity contribution >= 4 is 5.91 Å². The van der Waals surface area contributed by atoms with Gasteiger partial charge in [0.2, 0.25) is 5.91 Å². The predicted molar refractivity (Wildman–Crippen MR) is 82.7 cm³/mol. The van der Waals surface area contributed by atoms with Gasteiger partial charge in [0.05, 0.1) is 5.54 Å². The Morgan fingerprint density at radius 3 is 2.40 bits per heavy atom. The first kappa shape index (κ1) is 15.8. The number of rotatable bonds is 4. The van der Waals surface area contributed by atoms with Crippen LogP contribution in [0.15, 0.2) is 0 Å². The molecule has 0 aromatic rings. The van der Waals surface area contributed by atoms with Crippen LogP contribution in [0.4, 0.5) is 0 Å². The average Bonchev–Trinajstić information content (AvgIpc) is 2.46. The molecular formula is C16H31N3O. The highest BCUT2D eigenvalue weighted by atomic mass is 16.2. The van der Waals surface area contributed by atoms with E-state index in [0.29, 0.717) is 5.41 Å². The molecule has 0 bridgehead atoms. The molecule has 116 valence electrons. The molecule has 0 unspecified atom stereocenters. The number of hydrogen-bond acceptors (Lipinski definition) is 3. The summed E-state index contributed by atoms with van der Waals surface area (Å²) in [6, 6.07) is 0. The zero-order valence-corrected chi connectivity index (χ0v) is 13.4. The quantitative estimate of drug-likeness (QED) is 0.825. The van der Waals surface area contributed by atoms with Crippen LogP contribution in [0.3, 0.4) is 0 Å². The summed E-state index contributed by atoms with van der Waals surface area (Å²) < 4.78 is 0. The lowest BCUT2D eigenvalue weighted by molar-refractivity contribution is -0.132. The Morgan fingerprint density at radius 1 is 1.20 bits per heavy atom. The van der Waals surface area contributed by atoms with Gasteiger partial charge in [0, 0.05) is 32.7 Å². The normalized spacial score (nSPS) is 24.4. The first-order chi connectivity index (χ1) is 9.44. The van der Waals surface area contributed by atoms with E-state index in [2.05, 4.69) is 36.3 Å². The van der Waals surface area contributed by atoms with Gasteiger partial charge in [-0.1, -0.05) is 26.2 Å². The number of nitrogens with zero attached hydrogens (tertiary/aromatic N) is 1. The molecular weight excluding hydrogens is 250 g/mol. The molecule has 2 N–H and O–H groups in total. The van der Waals surface area contributed by atoms with Crippen LogP contribution in [-0.2, 0) is 4.79 Å². The summed E-state index contributed by atoms with van der Waals surface area (Å²) in [5.41, 5.74) is -0.0828. The maximum Gasteiger partial charge on any atom is 0.239 e. The van der Waals surface area contributed by atoms with Crippen molar-refractivity contribution in [3.05, 3.63) is 0 Å². The van der Waals surface area contributed by atoms with Crippen LogP contribution in [0.1, 0.15) is 52.9 Å². The molecule has 1 heterocycles. The first-order valence-corrected chi connectivity index (χ1v) is 8.18. The number of nitrogens with one attached hydrogen (secondary N) is 2. The van der Waals surface area contributed by atoms with Crippen molar-refractivity contribution in [1.29, 1.82) is 0 Å². The van der Waals surface area contributed by atoms with Gasteiger partial charge in [0.1, 0.15) is 0 Å². The lowest BCUT2D eigenvalue weighted by atomic mass is 9.75. The Morgan fingerprint density at radius 2 is 1.80 bits per heavy atom. The summed E-state index contributed by atoms with van der Waals surface area (Å²) in [6.07, 6.45) is 6.49. The van der Waals surface area contributed by atoms with Crippen molar-refractivity contribution in [3.8, 4) is 0 Å². The Balaban J connectivity index is 1.86. The lowest BCUT2D eigenvalue weighted by Crippen LogP contribution is -2.60. The van der Waals surface area contributed by atoms with E-state index in [4.69, 9.17) is 0 Å². The Labute approximate surface area is 123 Å². The summed E-state index contributed by atoms with van der Waals surface area (Å²) in [5.74, 6) is 0.186. The van der Waals surface area contributed by atoms with Crippen molar-refractivity contribution in [1.82, 2.24) is 15.5 Å². The van der Waals surface area contributed by atoms with Gasteiger partial charge in [-0.3, -0.25) is 9.69 Å². The molecule has 1 saturated carbocycles. The summed E-state index contributed by atoms with van der Waals surface area (Å²) in [5, 5.41) is 6.57. The van der Waals surface area contributed by atoms with Crippen LogP contribution in [0, 0.1) is 5.41 Å². The standard InChI is InChI=1S/C16H31N3O/c1-15(2,19-11-9-17-10-12-19)14(20)18-13-16(3)7-5-4-6-8-16/h17H,4-13H2,1-3H3,(H,18,20). The highest BCUT2D eigenvalue weighted by molar-refractivity contribution is 5.85. The molecule has 4 nitrogen and oxygen atoms in total. The summed E-state index contributed by atoms with van der Waals surface area (Å²) in [6.45, 7) is 11.1. The molecule has 0 aromatic heterocycles. The highest BCUT2D eigenvalue weighted by Crippen LogP contribution is 2.35. The Hall–Kier alpha value is -0.610. The van der Waals surface area contributed by atoms with E-state index in [-0.39, 0.29) is 5.91 Å². The molecule has 1 saturated heterocycles. The molecule has 1 aliphatic heterocycles. The van der Waals surface area contributed by atoms with Crippen molar-refractivity contribution in [2.24, 2.45) is 5.41 Å². The van der Waals surface area contributed by atoms with Gasteiger partial charge in [0.25, 0.3) is 0 Å². The minimum absolute atomic E-state index is 0.186. The van der Waals surface area contributed by atoms with E-state index in [1.54, 1.807) is 0 Å². The monoisotopic (exact) mass is 281 g/mol. The maximum atomic E-state index is 12.6. The van der Waals surface area contributed by atoms with E-state index < -0.39 is 5.54 Å². The summed E-state index contributed by atoms with van der Waals surface area (Å²) in [7, 11) is 0. The fourth-order valence-electron chi connectivity index (χ4n) is 3.46. The third-order valence-corrected chi connectivity index (χ3v) is 5.20. The van der Waals surface area contributed by atoms with Crippen molar-refractivity contribution < 1.29 is 4.79 Å². The lowest BCUT2D eigenvalue weighted by Gasteiger charge is -2.41. The van der Waals surface area contributed by atoms with Crippen LogP contribution < -0.4 is 10.6 Å². The minimum atomic E-state index is -0.396. The van der Waals surface area contributed by atoms with Crippen LogP contribution in [0.25, 0.3) is 0 Å². The highest BCUT2D eigenvalue weighted by Gasteiger charge is 2.36. The number of carbonyl (C=O) groups is 1. The van der Waals surface area contributed by atoms with E-state index in [1.807, 2.05) is 0 Å². The second kappa shape index (κ2) is 6.44. The van der Waals surface area contributed by atoms with Gasteiger partial charge >= 0.3 is 0 Å². The van der Waals surface area contributed by atoms with Crippen LogP contribution in [0.2, 0.25) is 0 Å². The zero-order valence-electron chi connectivity index (χ0n) is 13.4.